The van der Waals surface area contributed by atoms with Gasteiger partial charge in [0.25, 0.3) is 0 Å². The van der Waals surface area contributed by atoms with Crippen LogP contribution in [0.25, 0.3) is 22.3 Å². The van der Waals surface area contributed by atoms with Gasteiger partial charge in [-0.1, -0.05) is 0 Å². The Kier molecular flexibility index (Phi) is 5.03. The molecule has 12 nitrogen and oxygen atoms in total. The van der Waals surface area contributed by atoms with Gasteiger partial charge in [-0.05, 0) is 19.9 Å². The van der Waals surface area contributed by atoms with Crippen molar-refractivity contribution in [3.05, 3.63) is 24.8 Å². The lowest BCUT2D eigenvalue weighted by atomic mass is 9.89. The van der Waals surface area contributed by atoms with Crippen molar-refractivity contribution in [3.63, 3.8) is 0 Å². The van der Waals surface area contributed by atoms with E-state index in [0.29, 0.717) is 22.3 Å². The molecular weight excluding hydrogens is 460 g/mol. The Labute approximate surface area is 195 Å². The highest BCUT2D eigenvalue weighted by Crippen LogP contribution is 2.40. The molecule has 5 rings (SSSR count). The lowest BCUT2D eigenvalue weighted by molar-refractivity contribution is -0.121. The molecule has 2 amide bonds. The van der Waals surface area contributed by atoms with Gasteiger partial charge in [0.1, 0.15) is 17.5 Å². The van der Waals surface area contributed by atoms with Crippen molar-refractivity contribution < 1.29 is 18.0 Å². The van der Waals surface area contributed by atoms with E-state index in [9.17, 15) is 23.3 Å². The summed E-state index contributed by atoms with van der Waals surface area (Å²) in [4.78, 5) is 37.8. The number of imide groups is 1. The number of H-pyrrole nitrogens is 1. The third kappa shape index (κ3) is 3.21. The van der Waals surface area contributed by atoms with E-state index in [2.05, 4.69) is 26.1 Å². The Balaban J connectivity index is 1.65. The highest BCUT2D eigenvalue weighted by molar-refractivity contribution is 7.89. The Bertz CT molecular complexity index is 1440. The van der Waals surface area contributed by atoms with E-state index < -0.39 is 20.8 Å². The van der Waals surface area contributed by atoms with Gasteiger partial charge in [0, 0.05) is 43.7 Å². The number of nitriles is 1. The van der Waals surface area contributed by atoms with Gasteiger partial charge in [-0.3, -0.25) is 14.3 Å². The van der Waals surface area contributed by atoms with Crippen LogP contribution in [0.3, 0.4) is 0 Å². The summed E-state index contributed by atoms with van der Waals surface area (Å²) >= 11 is 0. The van der Waals surface area contributed by atoms with E-state index in [4.69, 9.17) is 0 Å². The number of carbonyl (C=O) groups excluding carboxylic acids is 2. The fourth-order valence-corrected chi connectivity index (χ4v) is 5.85. The molecule has 0 spiro atoms. The van der Waals surface area contributed by atoms with Crippen molar-refractivity contribution in [2.24, 2.45) is 0 Å². The highest BCUT2D eigenvalue weighted by Gasteiger charge is 2.51. The number of nitrogens with zero attached hydrogens (tertiary/aromatic N) is 7. The predicted octanol–water partition coefficient (Wildman–Crippen LogP) is 1.14. The number of amides is 2. The van der Waals surface area contributed by atoms with Gasteiger partial charge in [-0.2, -0.15) is 14.7 Å². The summed E-state index contributed by atoms with van der Waals surface area (Å²) in [7, 11) is -3.51. The average Bonchev–Trinajstić information content (AvgIpc) is 3.48. The largest absolute Gasteiger partial charge is 0.346 e. The van der Waals surface area contributed by atoms with Crippen molar-refractivity contribution in [1.82, 2.24) is 29.0 Å². The molecule has 176 valence electrons. The van der Waals surface area contributed by atoms with E-state index in [1.54, 1.807) is 32.3 Å². The van der Waals surface area contributed by atoms with Crippen LogP contribution in [0.1, 0.15) is 33.1 Å². The first kappa shape index (κ1) is 22.2. The third-order valence-electron chi connectivity index (χ3n) is 6.36. The number of anilines is 1. The molecule has 0 aromatic carbocycles. The van der Waals surface area contributed by atoms with E-state index in [0.717, 1.165) is 4.90 Å². The Morgan fingerprint density at radius 1 is 1.21 bits per heavy atom. The summed E-state index contributed by atoms with van der Waals surface area (Å²) in [6.07, 6.45) is 4.88. The molecule has 0 atom stereocenters. The predicted molar refractivity (Wildman–Crippen MR) is 121 cm³/mol. The average molecular weight is 483 g/mol. The first-order chi connectivity index (χ1) is 16.2. The fraction of sp³-hybridized carbons (Fsp3) is 0.429. The molecule has 0 radical (unpaired) electrons. The molecular formula is C21H22N8O4S. The lowest BCUT2D eigenvalue weighted by Crippen LogP contribution is -2.65. The van der Waals surface area contributed by atoms with E-state index in [-0.39, 0.29) is 50.0 Å². The molecule has 2 aliphatic heterocycles. The SMILES string of the molecule is CC(C)S(=O)(=O)N1CC(CC#N)(n2cc(-c3ncnc4[nH]ccc34)c(N3C(=O)CCC3=O)n2)C1. The van der Waals surface area contributed by atoms with Crippen molar-refractivity contribution >= 4 is 38.7 Å². The van der Waals surface area contributed by atoms with Crippen molar-refractivity contribution in [3.8, 4) is 17.3 Å². The van der Waals surface area contributed by atoms with Crippen LogP contribution < -0.4 is 4.90 Å². The maximum absolute atomic E-state index is 12.6. The summed E-state index contributed by atoms with van der Waals surface area (Å²) in [5.41, 5.74) is 0.545. The maximum atomic E-state index is 12.6. The topological polar surface area (TPSA) is 158 Å². The smallest absolute Gasteiger partial charge is 0.235 e. The molecule has 3 aromatic heterocycles. The van der Waals surface area contributed by atoms with Crippen LogP contribution in [-0.4, -0.2) is 67.6 Å². The molecule has 0 aliphatic carbocycles. The van der Waals surface area contributed by atoms with Gasteiger partial charge in [-0.15, -0.1) is 0 Å². The standard InChI is InChI=1S/C21H22N8O4S/c1-13(2)34(32,33)27-10-21(11-27,6-7-22)28-9-15(18-14-5-8-23-19(14)25-12-24-18)20(26-28)29-16(30)3-4-17(29)31/h5,8-9,12-13H,3-4,6,10-11H2,1-2H3,(H,23,24,25). The molecule has 0 saturated carbocycles. The molecule has 2 fully saturated rings. The first-order valence-corrected chi connectivity index (χ1v) is 12.3. The number of aromatic amines is 1. The van der Waals surface area contributed by atoms with Gasteiger partial charge in [0.05, 0.1) is 29.0 Å². The van der Waals surface area contributed by atoms with Crippen LogP contribution in [0.2, 0.25) is 0 Å². The number of nitrogens with one attached hydrogen (secondary N) is 1. The van der Waals surface area contributed by atoms with Crippen molar-refractivity contribution in [2.45, 2.75) is 43.9 Å². The number of carbonyl (C=O) groups is 2. The van der Waals surface area contributed by atoms with Gasteiger partial charge < -0.3 is 4.98 Å². The second-order valence-electron chi connectivity index (χ2n) is 8.82. The van der Waals surface area contributed by atoms with E-state index >= 15 is 0 Å². The van der Waals surface area contributed by atoms with Crippen LogP contribution in [0, 0.1) is 11.3 Å². The summed E-state index contributed by atoms with van der Waals surface area (Å²) in [6.45, 7) is 3.33. The van der Waals surface area contributed by atoms with Gasteiger partial charge in [0.2, 0.25) is 21.8 Å². The van der Waals surface area contributed by atoms with Crippen molar-refractivity contribution in [2.75, 3.05) is 18.0 Å². The molecule has 1 N–H and O–H groups in total. The fourth-order valence-electron chi connectivity index (χ4n) is 4.41. The Morgan fingerprint density at radius 3 is 2.56 bits per heavy atom. The zero-order chi connectivity index (χ0) is 24.3. The zero-order valence-electron chi connectivity index (χ0n) is 18.6. The van der Waals surface area contributed by atoms with Crippen LogP contribution >= 0.6 is 0 Å². The van der Waals surface area contributed by atoms with Crippen molar-refractivity contribution in [1.29, 1.82) is 5.26 Å². The van der Waals surface area contributed by atoms with Crippen LogP contribution in [0.4, 0.5) is 5.82 Å². The minimum Gasteiger partial charge on any atom is -0.346 e. The summed E-state index contributed by atoms with van der Waals surface area (Å²) < 4.78 is 28.1. The minimum absolute atomic E-state index is 0.00288. The molecule has 3 aromatic rings. The van der Waals surface area contributed by atoms with Crippen LogP contribution in [0.15, 0.2) is 24.8 Å². The summed E-state index contributed by atoms with van der Waals surface area (Å²) in [5.74, 6) is -0.623. The molecule has 5 heterocycles. The van der Waals surface area contributed by atoms with E-state index in [1.807, 2.05) is 0 Å². The molecule has 0 bridgehead atoms. The number of fused-ring (bicyclic) bond motifs is 1. The normalized spacial score (nSPS) is 18.6. The summed E-state index contributed by atoms with van der Waals surface area (Å²) in [6, 6.07) is 3.91. The molecule has 2 saturated heterocycles. The van der Waals surface area contributed by atoms with Crippen LogP contribution in [-0.2, 0) is 25.2 Å². The number of hydrogen-bond acceptors (Lipinski definition) is 8. The molecule has 34 heavy (non-hydrogen) atoms. The lowest BCUT2D eigenvalue weighted by Gasteiger charge is -2.48. The number of hydrogen-bond donors (Lipinski definition) is 1. The second kappa shape index (κ2) is 7.71. The summed E-state index contributed by atoms with van der Waals surface area (Å²) in [5, 5.41) is 14.2. The Hall–Kier alpha value is -3.63. The maximum Gasteiger partial charge on any atom is 0.235 e. The quantitative estimate of drug-likeness (QED) is 0.512. The Morgan fingerprint density at radius 2 is 1.91 bits per heavy atom. The zero-order valence-corrected chi connectivity index (χ0v) is 19.4. The number of rotatable bonds is 6. The van der Waals surface area contributed by atoms with E-state index in [1.165, 1.54) is 15.3 Å². The van der Waals surface area contributed by atoms with Crippen LogP contribution in [0.5, 0.6) is 0 Å². The number of aromatic nitrogens is 5. The molecule has 0 unspecified atom stereocenters. The monoisotopic (exact) mass is 482 g/mol. The van der Waals surface area contributed by atoms with Gasteiger partial charge in [0.15, 0.2) is 5.82 Å². The minimum atomic E-state index is -3.51. The first-order valence-electron chi connectivity index (χ1n) is 10.8. The van der Waals surface area contributed by atoms with Gasteiger partial charge in [-0.25, -0.2) is 23.3 Å². The molecule has 2 aliphatic rings. The highest BCUT2D eigenvalue weighted by atomic mass is 32.2. The second-order valence-corrected chi connectivity index (χ2v) is 11.3. The third-order valence-corrected chi connectivity index (χ3v) is 8.53. The number of sulfonamides is 1. The van der Waals surface area contributed by atoms with Gasteiger partial charge >= 0.3 is 0 Å². The molecule has 13 heteroatoms.